The summed E-state index contributed by atoms with van der Waals surface area (Å²) in [7, 11) is 0. The number of benzene rings is 1. The Morgan fingerprint density at radius 3 is 2.41 bits per heavy atom. The minimum atomic E-state index is -0.264. The number of hydrogen-bond donors (Lipinski definition) is 2. The third-order valence-corrected chi connectivity index (χ3v) is 3.36. The number of ether oxygens (including phenoxy) is 1. The van der Waals surface area contributed by atoms with Crippen LogP contribution in [0.2, 0.25) is 0 Å². The van der Waals surface area contributed by atoms with E-state index in [0.717, 1.165) is 16.7 Å². The summed E-state index contributed by atoms with van der Waals surface area (Å²) in [5.74, 6) is 1.05. The van der Waals surface area contributed by atoms with Crippen LogP contribution in [-0.4, -0.2) is 14.9 Å². The average molecular weight is 301 g/mol. The van der Waals surface area contributed by atoms with Crippen molar-refractivity contribution in [2.45, 2.75) is 46.0 Å². The van der Waals surface area contributed by atoms with Gasteiger partial charge in [-0.1, -0.05) is 52.3 Å². The molecule has 2 N–H and O–H groups in total. The summed E-state index contributed by atoms with van der Waals surface area (Å²) >= 11 is 0. The monoisotopic (exact) mass is 301 g/mol. The van der Waals surface area contributed by atoms with Gasteiger partial charge >= 0.3 is 0 Å². The summed E-state index contributed by atoms with van der Waals surface area (Å²) < 4.78 is 6.77. The first-order valence-corrected chi connectivity index (χ1v) is 7.47. The molecule has 0 aliphatic rings. The van der Waals surface area contributed by atoms with E-state index in [1.54, 1.807) is 0 Å². The Kier molecular flexibility index (Phi) is 4.54. The van der Waals surface area contributed by atoms with Crippen molar-refractivity contribution in [3.8, 4) is 11.6 Å². The third kappa shape index (κ3) is 3.30. The van der Waals surface area contributed by atoms with E-state index >= 15 is 0 Å². The fourth-order valence-corrected chi connectivity index (χ4v) is 2.45. The molecule has 0 fully saturated rings. The fraction of sp³-hybridized carbons (Fsp3) is 0.412. The maximum atomic E-state index is 10.2. The number of aromatic nitrogens is 2. The molecule has 0 aliphatic heterocycles. The van der Waals surface area contributed by atoms with Crippen molar-refractivity contribution >= 4 is 0 Å². The van der Waals surface area contributed by atoms with Gasteiger partial charge in [-0.05, 0) is 24.0 Å². The molecule has 0 spiro atoms. The van der Waals surface area contributed by atoms with Gasteiger partial charge in [0.2, 0.25) is 5.88 Å². The van der Waals surface area contributed by atoms with E-state index in [9.17, 15) is 5.21 Å². The van der Waals surface area contributed by atoms with E-state index in [0.29, 0.717) is 23.7 Å². The van der Waals surface area contributed by atoms with E-state index in [-0.39, 0.29) is 11.0 Å². The van der Waals surface area contributed by atoms with Gasteiger partial charge in [0, 0.05) is 5.56 Å². The lowest BCUT2D eigenvalue weighted by Gasteiger charge is -2.26. The van der Waals surface area contributed by atoms with Crippen LogP contribution < -0.4 is 10.4 Å². The molecule has 5 nitrogen and oxygen atoms in total. The maximum absolute atomic E-state index is 10.2. The molecular weight excluding hydrogens is 278 g/mol. The van der Waals surface area contributed by atoms with Gasteiger partial charge < -0.3 is 9.94 Å². The fourth-order valence-electron chi connectivity index (χ4n) is 2.45. The smallest absolute Gasteiger partial charge is 0.258 e. The van der Waals surface area contributed by atoms with Crippen LogP contribution in [0.3, 0.4) is 0 Å². The van der Waals surface area contributed by atoms with E-state index in [2.05, 4.69) is 4.98 Å². The number of rotatable bonds is 4. The lowest BCUT2D eigenvalue weighted by atomic mass is 9.85. The molecule has 0 amide bonds. The number of para-hydroxylation sites is 1. The van der Waals surface area contributed by atoms with Gasteiger partial charge in [-0.15, -0.1) is 0 Å². The van der Waals surface area contributed by atoms with Gasteiger partial charge in [-0.3, -0.25) is 5.41 Å². The molecule has 2 aromatic rings. The first kappa shape index (κ1) is 16.1. The van der Waals surface area contributed by atoms with Crippen LogP contribution >= 0.6 is 0 Å². The Hall–Kier alpha value is -2.30. The normalized spacial score (nSPS) is 11.5. The molecule has 0 saturated carbocycles. The summed E-state index contributed by atoms with van der Waals surface area (Å²) in [6.07, 6.45) is 1.51. The van der Waals surface area contributed by atoms with Crippen molar-refractivity contribution in [2.75, 3.05) is 0 Å². The van der Waals surface area contributed by atoms with Crippen LogP contribution in [0, 0.1) is 5.41 Å². The van der Waals surface area contributed by atoms with Crippen molar-refractivity contribution in [3.63, 3.8) is 0 Å². The molecule has 0 unspecified atom stereocenters. The first-order valence-electron chi connectivity index (χ1n) is 7.47. The number of hydrogen-bond acceptors (Lipinski definition) is 4. The van der Waals surface area contributed by atoms with Gasteiger partial charge in [0.05, 0.1) is 5.69 Å². The summed E-state index contributed by atoms with van der Waals surface area (Å²) in [6.45, 7) is 8.17. The van der Waals surface area contributed by atoms with Gasteiger partial charge in [0.15, 0.2) is 0 Å². The van der Waals surface area contributed by atoms with Crippen LogP contribution in [0.25, 0.3) is 0 Å². The Labute approximate surface area is 130 Å². The van der Waals surface area contributed by atoms with Crippen molar-refractivity contribution in [3.05, 3.63) is 47.2 Å². The van der Waals surface area contributed by atoms with Crippen molar-refractivity contribution in [1.82, 2.24) is 9.71 Å². The molecule has 22 heavy (non-hydrogen) atoms. The Morgan fingerprint density at radius 2 is 1.86 bits per heavy atom. The highest BCUT2D eigenvalue weighted by Crippen LogP contribution is 2.34. The Bertz CT molecular complexity index is 700. The molecule has 0 saturated heterocycles. The Balaban J connectivity index is 2.64. The van der Waals surface area contributed by atoms with Crippen molar-refractivity contribution in [1.29, 1.82) is 5.41 Å². The second kappa shape index (κ2) is 6.22. The molecule has 5 heteroatoms. The molecule has 0 bridgehead atoms. The second-order valence-corrected chi connectivity index (χ2v) is 6.29. The second-order valence-electron chi connectivity index (χ2n) is 6.29. The van der Waals surface area contributed by atoms with Crippen LogP contribution in [0.1, 0.15) is 45.4 Å². The zero-order chi connectivity index (χ0) is 16.3. The zero-order valence-electron chi connectivity index (χ0n) is 13.6. The minimum absolute atomic E-state index is 0.220. The molecule has 1 aromatic heterocycles. The van der Waals surface area contributed by atoms with Crippen molar-refractivity contribution < 1.29 is 9.94 Å². The summed E-state index contributed by atoms with van der Waals surface area (Å²) in [5, 5.41) is 18.0. The van der Waals surface area contributed by atoms with Crippen LogP contribution in [0.4, 0.5) is 0 Å². The SMILES string of the molecule is CCCc1c(C(C)(C)C)c(Oc2ccccc2)nc(=N)n1O. The molecule has 1 aromatic carbocycles. The predicted molar refractivity (Wildman–Crippen MR) is 84.5 cm³/mol. The van der Waals surface area contributed by atoms with E-state index < -0.39 is 0 Å². The van der Waals surface area contributed by atoms with Gasteiger partial charge in [0.25, 0.3) is 5.62 Å². The number of nitrogens with one attached hydrogen (secondary N) is 1. The average Bonchev–Trinajstić information content (AvgIpc) is 2.44. The molecule has 118 valence electrons. The van der Waals surface area contributed by atoms with E-state index in [1.165, 1.54) is 0 Å². The lowest BCUT2D eigenvalue weighted by Crippen LogP contribution is -2.30. The molecule has 2 rings (SSSR count). The molecule has 1 heterocycles. The standard InChI is InChI=1S/C17H23N3O2/c1-5-9-13-14(17(2,3)4)15(19-16(18)20(13)21)22-12-10-7-6-8-11-12/h6-8,10-11,18,21H,5,9H2,1-4H3. The largest absolute Gasteiger partial charge is 0.439 e. The summed E-state index contributed by atoms with van der Waals surface area (Å²) in [5.41, 5.74) is 1.03. The molecular formula is C17H23N3O2. The zero-order valence-corrected chi connectivity index (χ0v) is 13.6. The highest BCUT2D eigenvalue weighted by atomic mass is 16.5. The topological polar surface area (TPSA) is 71.1 Å². The lowest BCUT2D eigenvalue weighted by molar-refractivity contribution is 0.150. The summed E-state index contributed by atoms with van der Waals surface area (Å²) in [6, 6.07) is 9.37. The molecule has 0 radical (unpaired) electrons. The highest BCUT2D eigenvalue weighted by Gasteiger charge is 2.27. The first-order chi connectivity index (χ1) is 10.3. The maximum Gasteiger partial charge on any atom is 0.258 e. The van der Waals surface area contributed by atoms with E-state index in [4.69, 9.17) is 10.1 Å². The van der Waals surface area contributed by atoms with E-state index in [1.807, 2.05) is 58.0 Å². The van der Waals surface area contributed by atoms with Crippen LogP contribution in [0.5, 0.6) is 11.6 Å². The summed E-state index contributed by atoms with van der Waals surface area (Å²) in [4.78, 5) is 4.13. The van der Waals surface area contributed by atoms with Crippen LogP contribution in [0.15, 0.2) is 30.3 Å². The third-order valence-electron chi connectivity index (χ3n) is 3.36. The van der Waals surface area contributed by atoms with Crippen LogP contribution in [-0.2, 0) is 11.8 Å². The number of nitrogens with zero attached hydrogens (tertiary/aromatic N) is 2. The van der Waals surface area contributed by atoms with Gasteiger partial charge in [0.1, 0.15) is 5.75 Å². The minimum Gasteiger partial charge on any atom is -0.439 e. The van der Waals surface area contributed by atoms with Gasteiger partial charge in [-0.2, -0.15) is 9.71 Å². The quantitative estimate of drug-likeness (QED) is 0.847. The highest BCUT2D eigenvalue weighted by molar-refractivity contribution is 5.39. The Morgan fingerprint density at radius 1 is 1.23 bits per heavy atom. The van der Waals surface area contributed by atoms with Gasteiger partial charge in [-0.25, -0.2) is 0 Å². The molecule has 0 aliphatic carbocycles. The predicted octanol–water partition coefficient (Wildman–Crippen LogP) is 3.64. The molecule has 0 atom stereocenters. The van der Waals surface area contributed by atoms with Crippen molar-refractivity contribution in [2.24, 2.45) is 0 Å².